The zero-order valence-corrected chi connectivity index (χ0v) is 68.3. The van der Waals surface area contributed by atoms with E-state index in [0.29, 0.717) is 62.5 Å². The van der Waals surface area contributed by atoms with Gasteiger partial charge in [0.25, 0.3) is 10.1 Å². The number of methoxy groups -OCH3 is 3. The highest BCUT2D eigenvalue weighted by Gasteiger charge is 2.38. The normalized spacial score (nSPS) is 21.2. The first kappa shape index (κ1) is 96.2. The van der Waals surface area contributed by atoms with E-state index in [2.05, 4.69) is 13.8 Å². The van der Waals surface area contributed by atoms with Crippen LogP contribution in [0.3, 0.4) is 0 Å². The van der Waals surface area contributed by atoms with Gasteiger partial charge in [0, 0.05) is 45.3 Å². The molecule has 0 aromatic heterocycles. The lowest BCUT2D eigenvalue weighted by molar-refractivity contribution is -0.159. The number of aryl methyl sites for hydroxylation is 1. The summed E-state index contributed by atoms with van der Waals surface area (Å²) in [6.07, 6.45) is 44.1. The van der Waals surface area contributed by atoms with E-state index >= 15 is 0 Å². The van der Waals surface area contributed by atoms with Crippen LogP contribution in [0.4, 0.5) is 4.39 Å². The molecule has 1 aromatic carbocycles. The van der Waals surface area contributed by atoms with E-state index < -0.39 is 40.7 Å². The fraction of sp³-hybridized carbons (Fsp3) is 0.859. The summed E-state index contributed by atoms with van der Waals surface area (Å²) >= 11 is 0. The van der Waals surface area contributed by atoms with Crippen LogP contribution in [-0.2, 0) is 71.3 Å². The van der Waals surface area contributed by atoms with Crippen molar-refractivity contribution in [2.75, 3.05) is 41.7 Å². The van der Waals surface area contributed by atoms with Crippen molar-refractivity contribution in [3.05, 3.63) is 53.1 Å². The van der Waals surface area contributed by atoms with Crippen molar-refractivity contribution in [2.45, 2.75) is 434 Å². The van der Waals surface area contributed by atoms with E-state index in [0.717, 1.165) is 134 Å². The zero-order valence-electron chi connectivity index (χ0n) is 67.4. The van der Waals surface area contributed by atoms with Gasteiger partial charge in [-0.25, -0.2) is 14.0 Å². The number of carbonyl (C=O) groups excluding carboxylic acids is 2. The summed E-state index contributed by atoms with van der Waals surface area (Å²) in [5, 5.41) is 31.3. The van der Waals surface area contributed by atoms with E-state index in [4.69, 9.17) is 51.6 Å². The molecule has 4 aliphatic rings. The number of ether oxygens (including phenoxy) is 10. The number of benzene rings is 1. The molecule has 0 radical (unpaired) electrons. The monoisotopic (exact) mass is 1510 g/mol. The largest absolute Gasteiger partial charge is 0.455 e. The highest BCUT2D eigenvalue weighted by Crippen LogP contribution is 2.34. The molecule has 4 heterocycles. The highest BCUT2D eigenvalue weighted by molar-refractivity contribution is 7.86. The van der Waals surface area contributed by atoms with Crippen LogP contribution in [0.1, 0.15) is 342 Å². The summed E-state index contributed by atoms with van der Waals surface area (Å²) in [4.78, 5) is 24.0. The van der Waals surface area contributed by atoms with Crippen molar-refractivity contribution in [2.24, 2.45) is 0 Å². The number of aliphatic hydroxyl groups excluding tert-OH is 3. The zero-order chi connectivity index (χ0) is 76.7. The molecule has 14 atom stereocenters. The maximum atomic E-state index is 14.3. The van der Waals surface area contributed by atoms with Gasteiger partial charge in [-0.05, 0) is 135 Å². The predicted octanol–water partition coefficient (Wildman–Crippen LogP) is 19.7. The van der Waals surface area contributed by atoms with Crippen LogP contribution < -0.4 is 0 Å². The summed E-state index contributed by atoms with van der Waals surface area (Å²) < 4.78 is 104. The Kier molecular flexibility index (Phi) is 55.7. The number of hydrogen-bond donors (Lipinski definition) is 3. The van der Waals surface area contributed by atoms with Gasteiger partial charge in [0.05, 0.1) is 72.0 Å². The number of hydrogen-bond acceptors (Lipinski definition) is 18. The van der Waals surface area contributed by atoms with Crippen LogP contribution in [0.15, 0.2) is 52.5 Å². The summed E-state index contributed by atoms with van der Waals surface area (Å²) in [6.45, 7) is 14.7. The minimum atomic E-state index is -3.95. The summed E-state index contributed by atoms with van der Waals surface area (Å²) in [6, 6.07) is 6.78. The number of aliphatic hydroxyl groups is 3. The van der Waals surface area contributed by atoms with Crippen LogP contribution in [0.5, 0.6) is 0 Å². The number of cyclic esters (lactones) is 2. The van der Waals surface area contributed by atoms with Gasteiger partial charge in [-0.15, -0.1) is 0 Å². The molecule has 2 saturated heterocycles. The van der Waals surface area contributed by atoms with E-state index in [-0.39, 0.29) is 92.1 Å². The summed E-state index contributed by atoms with van der Waals surface area (Å²) in [5.41, 5.74) is 2.17. The SMILES string of the molecule is CC.CCCCCCCCCCCC[C@H](O)[C@@H]1CC[C@@H](C(O)CCCCC([18F])CCCCC[C@@H](O)CC2=C[C@H](C)OC2=O)O1.CCCCCCCCCCCC[C@H](OCOC)[C@@H]1CC[C@@H](C(CCCCC(CCCCC[C@H](CC2=C[C@H](C)OC2=O)OCOC)OS(=O)(=O)c2ccc(C)cc2)OCOC)O1. The molecular formula is C85H151FO18S. The van der Waals surface area contributed by atoms with Crippen LogP contribution in [0.2, 0.25) is 0 Å². The third-order valence-corrected chi connectivity index (χ3v) is 22.2. The van der Waals surface area contributed by atoms with E-state index in [1.807, 2.05) is 33.8 Å². The number of carbonyl (C=O) groups is 2. The molecule has 3 N–H and O–H groups in total. The molecule has 0 aliphatic carbocycles. The molecule has 4 aliphatic heterocycles. The lowest BCUT2D eigenvalue weighted by Crippen LogP contribution is -2.34. The maximum absolute atomic E-state index is 14.3. The van der Waals surface area contributed by atoms with Crippen molar-refractivity contribution in [3.63, 3.8) is 0 Å². The van der Waals surface area contributed by atoms with Crippen molar-refractivity contribution in [1.29, 1.82) is 0 Å². The molecular weight excluding hydrogens is 1360 g/mol. The second kappa shape index (κ2) is 60.7. The Labute approximate surface area is 637 Å². The molecule has 0 spiro atoms. The van der Waals surface area contributed by atoms with Crippen molar-refractivity contribution >= 4 is 22.1 Å². The number of rotatable bonds is 64. The average molecular weight is 1510 g/mol. The van der Waals surface area contributed by atoms with Crippen LogP contribution in [0.25, 0.3) is 0 Å². The van der Waals surface area contributed by atoms with Crippen molar-refractivity contribution in [1.82, 2.24) is 0 Å². The average Bonchev–Trinajstić information content (AvgIpc) is 1.77. The van der Waals surface area contributed by atoms with Gasteiger partial charge in [0.15, 0.2) is 0 Å². The Hall–Kier alpha value is -2.96. The molecule has 18 nitrogen and oxygen atoms in total. The molecule has 612 valence electrons. The number of halogens is 1. The van der Waals surface area contributed by atoms with Crippen LogP contribution in [0, 0.1) is 6.92 Å². The Bertz CT molecular complexity index is 2470. The fourth-order valence-electron chi connectivity index (χ4n) is 14.8. The Morgan fingerprint density at radius 3 is 1.25 bits per heavy atom. The third kappa shape index (κ3) is 44.0. The van der Waals surface area contributed by atoms with Crippen molar-refractivity contribution in [3.8, 4) is 0 Å². The molecule has 2 fully saturated rings. The van der Waals surface area contributed by atoms with Gasteiger partial charge in [-0.3, -0.25) is 4.18 Å². The van der Waals surface area contributed by atoms with Gasteiger partial charge >= 0.3 is 11.9 Å². The second-order valence-electron chi connectivity index (χ2n) is 30.2. The first-order valence-corrected chi connectivity index (χ1v) is 43.4. The molecule has 0 saturated carbocycles. The van der Waals surface area contributed by atoms with Crippen LogP contribution in [-0.4, -0.2) is 163 Å². The van der Waals surface area contributed by atoms with Gasteiger partial charge in [-0.1, -0.05) is 238 Å². The molecule has 0 bridgehead atoms. The summed E-state index contributed by atoms with van der Waals surface area (Å²) in [5.74, 6) is -0.622. The van der Waals surface area contributed by atoms with Gasteiger partial charge < -0.3 is 62.7 Å². The molecule has 20 heteroatoms. The van der Waals surface area contributed by atoms with E-state index in [1.165, 1.54) is 116 Å². The number of unbranched alkanes of at least 4 members (excludes halogenated alkanes) is 24. The first-order chi connectivity index (χ1) is 50.9. The standard InChI is InChI=1S/C48H82O12S.C35H63FO6.C2H6/c1-7-8-9-10-11-12-13-14-15-19-25-44(56-36-53-5)46-31-32-47(59-46)45(57-37-54-6)26-21-20-23-41(60-61(50,51)43-29-27-38(2)28-30-43)22-17-16-18-24-42(55-35-52-4)34-40-33-39(3)58-48(40)49;1-3-4-5-6-7-8-9-10-11-15-21-31(38)33-23-24-34(42-33)32(39)22-17-16-19-29(36)18-13-12-14-20-30(37)26-28-25-27(2)41-35(28)40;1-2/h27-30,33,39,41-42,44-47H,7-26,31-32,34-37H2,1-6H3;25,27,29-34,37-39H,3-24,26H2,1-2H3;1-2H3/t39-,41?,42+,44-,45?,46-,47-;27-,29?,30+,31-,32?,33-,34-;/m00./s1/i;36-1;. The number of esters is 2. The quantitative estimate of drug-likeness (QED) is 0.0238. The molecule has 4 unspecified atom stereocenters. The Morgan fingerprint density at radius 2 is 0.790 bits per heavy atom. The molecule has 5 rings (SSSR count). The predicted molar refractivity (Wildman–Crippen MR) is 416 cm³/mol. The second-order valence-corrected chi connectivity index (χ2v) is 31.7. The third-order valence-electron chi connectivity index (χ3n) is 20.9. The minimum Gasteiger partial charge on any atom is -0.455 e. The topological polar surface area (TPSA) is 230 Å². The van der Waals surface area contributed by atoms with Crippen molar-refractivity contribution < 1.29 is 89.3 Å². The highest BCUT2D eigenvalue weighted by atomic mass is 32.2. The van der Waals surface area contributed by atoms with E-state index in [1.54, 1.807) is 58.6 Å². The van der Waals surface area contributed by atoms with Gasteiger partial charge in [0.2, 0.25) is 0 Å². The lowest BCUT2D eigenvalue weighted by Gasteiger charge is -2.27. The fourth-order valence-corrected chi connectivity index (χ4v) is 15.9. The molecule has 105 heavy (non-hydrogen) atoms. The molecule has 0 amide bonds. The number of alkyl halides is 1. The Balaban J connectivity index is 0.000000568. The molecule has 1 aromatic rings. The van der Waals surface area contributed by atoms with Gasteiger partial charge in [0.1, 0.15) is 38.8 Å². The Morgan fingerprint density at radius 1 is 0.448 bits per heavy atom. The lowest BCUT2D eigenvalue weighted by atomic mass is 9.98. The first-order valence-electron chi connectivity index (χ1n) is 42.0. The minimum absolute atomic E-state index is 0.0149. The van der Waals surface area contributed by atoms with E-state index in [9.17, 15) is 37.7 Å². The van der Waals surface area contributed by atoms with Crippen LogP contribution >= 0.6 is 0 Å². The smallest absolute Gasteiger partial charge is 0.334 e. The van der Waals surface area contributed by atoms with Gasteiger partial charge in [-0.2, -0.15) is 8.42 Å². The summed E-state index contributed by atoms with van der Waals surface area (Å²) in [7, 11) is 0.915. The maximum Gasteiger partial charge on any atom is 0.334 e.